The van der Waals surface area contributed by atoms with Crippen molar-refractivity contribution in [3.05, 3.63) is 52.5 Å². The molecule has 5 heteroatoms. The number of ether oxygens (including phenoxy) is 1. The average molecular weight is 349 g/mol. The first-order valence-corrected chi connectivity index (χ1v) is 7.31. The van der Waals surface area contributed by atoms with Crippen LogP contribution >= 0.6 is 15.9 Å². The van der Waals surface area contributed by atoms with E-state index in [0.717, 1.165) is 27.2 Å². The lowest BCUT2D eigenvalue weighted by atomic mass is 10.2. The van der Waals surface area contributed by atoms with Gasteiger partial charge in [0.05, 0.1) is 18.1 Å². The van der Waals surface area contributed by atoms with Gasteiger partial charge in [-0.05, 0) is 47.1 Å². The van der Waals surface area contributed by atoms with Gasteiger partial charge in [-0.3, -0.25) is 4.79 Å². The number of hydrogen-bond donors (Lipinski definition) is 2. The highest BCUT2D eigenvalue weighted by atomic mass is 79.9. The van der Waals surface area contributed by atoms with Crippen molar-refractivity contribution in [1.82, 2.24) is 0 Å². The van der Waals surface area contributed by atoms with Crippen LogP contribution in [-0.2, 0) is 4.79 Å². The number of halogens is 1. The first kappa shape index (κ1) is 15.4. The number of rotatable bonds is 5. The highest BCUT2D eigenvalue weighted by molar-refractivity contribution is 9.10. The molecule has 2 N–H and O–H groups in total. The Kier molecular flexibility index (Phi) is 5.22. The second-order valence-electron chi connectivity index (χ2n) is 4.62. The number of benzene rings is 2. The van der Waals surface area contributed by atoms with Gasteiger partial charge >= 0.3 is 0 Å². The quantitative estimate of drug-likeness (QED) is 0.863. The van der Waals surface area contributed by atoms with Crippen LogP contribution in [0.3, 0.4) is 0 Å². The molecule has 2 rings (SSSR count). The second kappa shape index (κ2) is 7.13. The smallest absolute Gasteiger partial charge is 0.243 e. The number of carbonyl (C=O) groups excluding carboxylic acids is 1. The van der Waals surface area contributed by atoms with Gasteiger partial charge in [-0.1, -0.05) is 17.7 Å². The maximum Gasteiger partial charge on any atom is 0.243 e. The second-order valence-corrected chi connectivity index (χ2v) is 5.47. The summed E-state index contributed by atoms with van der Waals surface area (Å²) in [5.41, 5.74) is 2.78. The maximum absolute atomic E-state index is 11.9. The fourth-order valence-corrected chi connectivity index (χ4v) is 2.20. The zero-order chi connectivity index (χ0) is 15.2. The van der Waals surface area contributed by atoms with Gasteiger partial charge in [-0.15, -0.1) is 0 Å². The van der Waals surface area contributed by atoms with Crippen LogP contribution in [0.2, 0.25) is 0 Å². The van der Waals surface area contributed by atoms with E-state index in [1.807, 2.05) is 49.4 Å². The molecule has 0 fully saturated rings. The van der Waals surface area contributed by atoms with E-state index >= 15 is 0 Å². The lowest BCUT2D eigenvalue weighted by molar-refractivity contribution is -0.114. The molecule has 1 amide bonds. The highest BCUT2D eigenvalue weighted by Gasteiger charge is 2.04. The van der Waals surface area contributed by atoms with Crippen molar-refractivity contribution in [2.24, 2.45) is 0 Å². The monoisotopic (exact) mass is 348 g/mol. The third-order valence-corrected chi connectivity index (χ3v) is 3.59. The molecule has 2 aromatic carbocycles. The van der Waals surface area contributed by atoms with Crippen LogP contribution in [-0.4, -0.2) is 19.6 Å². The third kappa shape index (κ3) is 4.49. The van der Waals surface area contributed by atoms with E-state index in [0.29, 0.717) is 0 Å². The molecular formula is C16H17BrN2O2. The Morgan fingerprint density at radius 1 is 1.14 bits per heavy atom. The Labute approximate surface area is 132 Å². The average Bonchev–Trinajstić information content (AvgIpc) is 2.49. The van der Waals surface area contributed by atoms with E-state index in [1.54, 1.807) is 7.11 Å². The molecule has 110 valence electrons. The van der Waals surface area contributed by atoms with Gasteiger partial charge in [0.25, 0.3) is 0 Å². The first-order valence-electron chi connectivity index (χ1n) is 6.52. The molecule has 0 heterocycles. The maximum atomic E-state index is 11.9. The van der Waals surface area contributed by atoms with Crippen molar-refractivity contribution in [1.29, 1.82) is 0 Å². The molecule has 4 nitrogen and oxygen atoms in total. The summed E-state index contributed by atoms with van der Waals surface area (Å²) in [7, 11) is 1.61. The molecule has 0 unspecified atom stereocenters. The SMILES string of the molecule is COc1cc(NCC(=O)Nc2ccc(C)cc2)ccc1Br. The highest BCUT2D eigenvalue weighted by Crippen LogP contribution is 2.27. The van der Waals surface area contributed by atoms with Crippen LogP contribution in [0, 0.1) is 6.92 Å². The zero-order valence-electron chi connectivity index (χ0n) is 11.9. The normalized spacial score (nSPS) is 10.0. The van der Waals surface area contributed by atoms with Crippen molar-refractivity contribution in [3.8, 4) is 5.75 Å². The molecule has 0 saturated carbocycles. The van der Waals surface area contributed by atoms with Gasteiger partial charge in [0.2, 0.25) is 5.91 Å². The fraction of sp³-hybridized carbons (Fsp3) is 0.188. The number of amides is 1. The predicted octanol–water partition coefficient (Wildman–Crippen LogP) is 3.82. The molecule has 0 atom stereocenters. The summed E-state index contributed by atoms with van der Waals surface area (Å²) >= 11 is 3.39. The van der Waals surface area contributed by atoms with Gasteiger partial charge in [0.1, 0.15) is 5.75 Å². The minimum Gasteiger partial charge on any atom is -0.495 e. The van der Waals surface area contributed by atoms with Crippen LogP contribution in [0.5, 0.6) is 5.75 Å². The van der Waals surface area contributed by atoms with Crippen LogP contribution in [0.15, 0.2) is 46.9 Å². The molecule has 0 spiro atoms. The third-order valence-electron chi connectivity index (χ3n) is 2.94. The number of hydrogen-bond acceptors (Lipinski definition) is 3. The Balaban J connectivity index is 1.90. The molecule has 2 aromatic rings. The van der Waals surface area contributed by atoms with Gasteiger partial charge in [0, 0.05) is 17.4 Å². The Morgan fingerprint density at radius 2 is 1.81 bits per heavy atom. The molecule has 0 aliphatic rings. The lowest BCUT2D eigenvalue weighted by Gasteiger charge is -2.10. The largest absolute Gasteiger partial charge is 0.495 e. The number of carbonyl (C=O) groups is 1. The lowest BCUT2D eigenvalue weighted by Crippen LogP contribution is -2.21. The molecule has 0 aliphatic carbocycles. The molecule has 0 aliphatic heterocycles. The number of aryl methyl sites for hydroxylation is 1. The zero-order valence-corrected chi connectivity index (χ0v) is 13.5. The summed E-state index contributed by atoms with van der Waals surface area (Å²) in [4.78, 5) is 11.9. The molecule has 0 radical (unpaired) electrons. The van der Waals surface area contributed by atoms with Crippen molar-refractivity contribution in [2.45, 2.75) is 6.92 Å². The summed E-state index contributed by atoms with van der Waals surface area (Å²) in [6.45, 7) is 2.20. The Bertz CT molecular complexity index is 627. The summed E-state index contributed by atoms with van der Waals surface area (Å²) in [5.74, 6) is 0.625. The van der Waals surface area contributed by atoms with E-state index in [4.69, 9.17) is 4.74 Å². The van der Waals surface area contributed by atoms with Gasteiger partial charge < -0.3 is 15.4 Å². The topological polar surface area (TPSA) is 50.4 Å². The van der Waals surface area contributed by atoms with Crippen LogP contribution in [0.4, 0.5) is 11.4 Å². The minimum atomic E-state index is -0.0965. The summed E-state index contributed by atoms with van der Waals surface area (Å²) < 4.78 is 6.09. The van der Waals surface area contributed by atoms with Crippen molar-refractivity contribution in [2.75, 3.05) is 24.3 Å². The van der Waals surface area contributed by atoms with E-state index in [-0.39, 0.29) is 12.5 Å². The van der Waals surface area contributed by atoms with Gasteiger partial charge in [0.15, 0.2) is 0 Å². The minimum absolute atomic E-state index is 0.0965. The van der Waals surface area contributed by atoms with Crippen molar-refractivity contribution in [3.63, 3.8) is 0 Å². The van der Waals surface area contributed by atoms with E-state index < -0.39 is 0 Å². The van der Waals surface area contributed by atoms with Crippen molar-refractivity contribution < 1.29 is 9.53 Å². The molecule has 0 bridgehead atoms. The van der Waals surface area contributed by atoms with Gasteiger partial charge in [-0.2, -0.15) is 0 Å². The van der Waals surface area contributed by atoms with E-state index in [9.17, 15) is 4.79 Å². The molecule has 0 saturated heterocycles. The van der Waals surface area contributed by atoms with Crippen LogP contribution in [0.1, 0.15) is 5.56 Å². The summed E-state index contributed by atoms with van der Waals surface area (Å²) in [6.07, 6.45) is 0. The van der Waals surface area contributed by atoms with E-state index in [1.165, 1.54) is 0 Å². The predicted molar refractivity (Wildman–Crippen MR) is 89.0 cm³/mol. The van der Waals surface area contributed by atoms with Crippen molar-refractivity contribution >= 4 is 33.2 Å². The molecule has 21 heavy (non-hydrogen) atoms. The standard InChI is InChI=1S/C16H17BrN2O2/c1-11-3-5-12(6-4-11)19-16(20)10-18-13-7-8-14(17)15(9-13)21-2/h3-9,18H,10H2,1-2H3,(H,19,20). The molecular weight excluding hydrogens is 332 g/mol. The fourth-order valence-electron chi connectivity index (χ4n) is 1.79. The van der Waals surface area contributed by atoms with Crippen LogP contribution in [0.25, 0.3) is 0 Å². The Morgan fingerprint density at radius 3 is 2.48 bits per heavy atom. The Hall–Kier alpha value is -2.01. The van der Waals surface area contributed by atoms with Crippen LogP contribution < -0.4 is 15.4 Å². The van der Waals surface area contributed by atoms with Gasteiger partial charge in [-0.25, -0.2) is 0 Å². The van der Waals surface area contributed by atoms with E-state index in [2.05, 4.69) is 26.6 Å². The summed E-state index contributed by atoms with van der Waals surface area (Å²) in [6, 6.07) is 13.3. The first-order chi connectivity index (χ1) is 10.1. The number of methoxy groups -OCH3 is 1. The summed E-state index contributed by atoms with van der Waals surface area (Å²) in [5, 5.41) is 5.90. The molecule has 0 aromatic heterocycles. The number of nitrogens with one attached hydrogen (secondary N) is 2. The number of anilines is 2.